The summed E-state index contributed by atoms with van der Waals surface area (Å²) >= 11 is 0. The number of aryl methyl sites for hydroxylation is 2. The molecule has 0 amide bonds. The molecular weight excluding hydrogens is 344 g/mol. The third-order valence-electron chi connectivity index (χ3n) is 5.38. The summed E-state index contributed by atoms with van der Waals surface area (Å²) in [6, 6.07) is 20.8. The van der Waals surface area contributed by atoms with Gasteiger partial charge in [-0.1, -0.05) is 42.3 Å². The molecule has 0 saturated carbocycles. The molecule has 0 fully saturated rings. The Morgan fingerprint density at radius 3 is 2.54 bits per heavy atom. The number of hydrogen-bond donors (Lipinski definition) is 2. The van der Waals surface area contributed by atoms with Crippen LogP contribution in [0.25, 0.3) is 22.7 Å². The van der Waals surface area contributed by atoms with Gasteiger partial charge in [0, 0.05) is 5.56 Å². The van der Waals surface area contributed by atoms with Crippen LogP contribution in [0, 0.1) is 12.3 Å². The molecule has 0 bridgehead atoms. The van der Waals surface area contributed by atoms with Gasteiger partial charge in [-0.05, 0) is 76.6 Å². The van der Waals surface area contributed by atoms with Crippen LogP contribution in [0.15, 0.2) is 65.5 Å². The number of hydrogen-bond acceptors (Lipinski definition) is 1. The van der Waals surface area contributed by atoms with E-state index < -0.39 is 0 Å². The largest absolute Gasteiger partial charge is 0.323 e. The Morgan fingerprint density at radius 1 is 0.857 bits per heavy atom. The lowest BCUT2D eigenvalue weighted by atomic mass is 9.91. The maximum Gasteiger partial charge on any atom is 0.323 e. The van der Waals surface area contributed by atoms with Gasteiger partial charge in [-0.3, -0.25) is 0 Å². The lowest BCUT2D eigenvalue weighted by Gasteiger charge is -2.12. The Hall–Kier alpha value is -3.77. The molecule has 0 spiro atoms. The van der Waals surface area contributed by atoms with Gasteiger partial charge in [0.15, 0.2) is 0 Å². The molecule has 0 unspecified atom stereocenters. The van der Waals surface area contributed by atoms with Crippen LogP contribution in [-0.4, -0.2) is 9.97 Å². The van der Waals surface area contributed by atoms with Gasteiger partial charge in [0.25, 0.3) is 0 Å². The smallest absolute Gasteiger partial charge is 0.306 e. The van der Waals surface area contributed by atoms with Crippen LogP contribution in [0.3, 0.4) is 0 Å². The van der Waals surface area contributed by atoms with Crippen LogP contribution in [0.1, 0.15) is 33.4 Å². The third-order valence-corrected chi connectivity index (χ3v) is 5.38. The minimum Gasteiger partial charge on any atom is -0.306 e. The predicted molar refractivity (Wildman–Crippen MR) is 114 cm³/mol. The normalized spacial score (nSPS) is 14.3. The molecule has 1 aromatic heterocycles. The van der Waals surface area contributed by atoms with Crippen molar-refractivity contribution in [3.05, 3.63) is 105 Å². The van der Waals surface area contributed by atoms with Crippen molar-refractivity contribution in [2.45, 2.75) is 12.8 Å². The average Bonchev–Trinajstić information content (AvgIpc) is 3.02. The summed E-state index contributed by atoms with van der Waals surface area (Å²) in [6.45, 7) is 0. The highest BCUT2D eigenvalue weighted by Gasteiger charge is 2.18. The molecule has 1 aliphatic rings. The number of benzene rings is 3. The van der Waals surface area contributed by atoms with Gasteiger partial charge in [-0.2, -0.15) is 0 Å². The van der Waals surface area contributed by atoms with E-state index >= 15 is 0 Å². The van der Waals surface area contributed by atoms with E-state index in [0.717, 1.165) is 35.0 Å². The highest BCUT2D eigenvalue weighted by atomic mass is 16.1. The molecule has 3 aromatic carbocycles. The zero-order valence-electron chi connectivity index (χ0n) is 15.3. The second kappa shape index (κ2) is 6.44. The van der Waals surface area contributed by atoms with Crippen molar-refractivity contribution < 1.29 is 0 Å². The first-order valence-corrected chi connectivity index (χ1v) is 9.33. The van der Waals surface area contributed by atoms with Crippen LogP contribution >= 0.6 is 0 Å². The number of nitrogens with one attached hydrogen (secondary N) is 2. The fourth-order valence-corrected chi connectivity index (χ4v) is 4.03. The Balaban J connectivity index is 1.75. The Bertz CT molecular complexity index is 1340. The molecule has 1 aliphatic carbocycles. The zero-order chi connectivity index (χ0) is 19.1. The molecule has 0 saturated heterocycles. The molecular formula is C25H18N2O. The zero-order valence-corrected chi connectivity index (χ0v) is 15.3. The highest BCUT2D eigenvalue weighted by molar-refractivity contribution is 5.95. The summed E-state index contributed by atoms with van der Waals surface area (Å²) in [6.07, 6.45) is 9.77. The lowest BCUT2D eigenvalue weighted by Crippen LogP contribution is -1.99. The fraction of sp³-hybridized carbons (Fsp3) is 0.0800. The van der Waals surface area contributed by atoms with Crippen LogP contribution in [0.5, 0.6) is 0 Å². The maximum absolute atomic E-state index is 11.6. The summed E-state index contributed by atoms with van der Waals surface area (Å²) in [5.41, 5.74) is 9.64. The second-order valence-corrected chi connectivity index (χ2v) is 7.12. The van der Waals surface area contributed by atoms with Crippen molar-refractivity contribution in [2.75, 3.05) is 0 Å². The van der Waals surface area contributed by atoms with E-state index in [9.17, 15) is 4.79 Å². The molecule has 0 radical (unpaired) electrons. The standard InChI is InChI=1S/C25H18N2O/c1-2-16-7-11-21-19(13-16)10-9-18-5-3-4-6-20(18)22(21)14-17-8-12-23-24(15-17)27-25(28)26-23/h1,3-8,11-15H,9-10H2,(H2,26,27,28)/b22-14+. The third kappa shape index (κ3) is 2.76. The fourth-order valence-electron chi connectivity index (χ4n) is 4.03. The van der Waals surface area contributed by atoms with E-state index in [1.165, 1.54) is 27.8 Å². The number of aromatic nitrogens is 2. The summed E-state index contributed by atoms with van der Waals surface area (Å²) in [5.74, 6) is 2.75. The van der Waals surface area contributed by atoms with Crippen LogP contribution in [-0.2, 0) is 12.8 Å². The molecule has 1 heterocycles. The first-order chi connectivity index (χ1) is 13.7. The van der Waals surface area contributed by atoms with Crippen molar-refractivity contribution in [1.29, 1.82) is 0 Å². The lowest BCUT2D eigenvalue weighted by molar-refractivity contribution is 0.964. The van der Waals surface area contributed by atoms with E-state index in [1.807, 2.05) is 24.3 Å². The Morgan fingerprint density at radius 2 is 1.64 bits per heavy atom. The van der Waals surface area contributed by atoms with Gasteiger partial charge in [-0.25, -0.2) is 4.79 Å². The average molecular weight is 362 g/mol. The minimum atomic E-state index is -0.188. The number of rotatable bonds is 1. The summed E-state index contributed by atoms with van der Waals surface area (Å²) < 4.78 is 0. The molecule has 0 aliphatic heterocycles. The van der Waals surface area contributed by atoms with Crippen molar-refractivity contribution in [2.24, 2.45) is 0 Å². The first-order valence-electron chi connectivity index (χ1n) is 9.33. The van der Waals surface area contributed by atoms with Gasteiger partial charge in [-0.15, -0.1) is 6.42 Å². The van der Waals surface area contributed by atoms with Crippen molar-refractivity contribution >= 4 is 22.7 Å². The van der Waals surface area contributed by atoms with E-state index in [0.29, 0.717) is 0 Å². The number of fused-ring (bicyclic) bond motifs is 3. The highest BCUT2D eigenvalue weighted by Crippen LogP contribution is 2.35. The number of H-pyrrole nitrogens is 2. The molecule has 2 N–H and O–H groups in total. The van der Waals surface area contributed by atoms with E-state index in [4.69, 9.17) is 6.42 Å². The number of aromatic amines is 2. The van der Waals surface area contributed by atoms with Gasteiger partial charge in [0.1, 0.15) is 0 Å². The number of terminal acetylenes is 1. The van der Waals surface area contributed by atoms with Gasteiger partial charge in [0.2, 0.25) is 0 Å². The summed E-state index contributed by atoms with van der Waals surface area (Å²) in [4.78, 5) is 17.2. The quantitative estimate of drug-likeness (QED) is 0.480. The summed E-state index contributed by atoms with van der Waals surface area (Å²) in [7, 11) is 0. The van der Waals surface area contributed by atoms with Crippen LogP contribution < -0.4 is 5.69 Å². The second-order valence-electron chi connectivity index (χ2n) is 7.12. The van der Waals surface area contributed by atoms with E-state index in [1.54, 1.807) is 0 Å². The van der Waals surface area contributed by atoms with Crippen molar-refractivity contribution in [1.82, 2.24) is 9.97 Å². The SMILES string of the molecule is C#Cc1ccc2c(c1)CCc1ccccc1/C2=C\c1ccc2[nH]c(=O)[nH]c2c1. The molecule has 3 nitrogen and oxygen atoms in total. The van der Waals surface area contributed by atoms with Gasteiger partial charge >= 0.3 is 5.69 Å². The van der Waals surface area contributed by atoms with E-state index in [2.05, 4.69) is 58.4 Å². The molecule has 3 heteroatoms. The van der Waals surface area contributed by atoms with Crippen LogP contribution in [0.4, 0.5) is 0 Å². The van der Waals surface area contributed by atoms with E-state index in [-0.39, 0.29) is 5.69 Å². The minimum absolute atomic E-state index is 0.188. The molecule has 0 atom stereocenters. The number of imidazole rings is 1. The predicted octanol–water partition coefficient (Wildman–Crippen LogP) is 4.53. The molecule has 5 rings (SSSR count). The molecule has 4 aromatic rings. The molecule has 134 valence electrons. The van der Waals surface area contributed by atoms with Crippen LogP contribution in [0.2, 0.25) is 0 Å². The monoisotopic (exact) mass is 362 g/mol. The Labute approximate surface area is 162 Å². The maximum atomic E-state index is 11.6. The van der Waals surface area contributed by atoms with Gasteiger partial charge < -0.3 is 9.97 Å². The summed E-state index contributed by atoms with van der Waals surface area (Å²) in [5, 5.41) is 0. The van der Waals surface area contributed by atoms with Crippen molar-refractivity contribution in [3.63, 3.8) is 0 Å². The van der Waals surface area contributed by atoms with Crippen molar-refractivity contribution in [3.8, 4) is 12.3 Å². The molecule has 28 heavy (non-hydrogen) atoms. The first kappa shape index (κ1) is 16.4. The topological polar surface area (TPSA) is 48.6 Å². The van der Waals surface area contributed by atoms with Gasteiger partial charge in [0.05, 0.1) is 11.0 Å². The Kier molecular flexibility index (Phi) is 3.77.